The van der Waals surface area contributed by atoms with E-state index in [-0.39, 0.29) is 0 Å². The Hall–Kier alpha value is -0.260. The first-order valence-corrected chi connectivity index (χ1v) is 4.60. The van der Waals surface area contributed by atoms with Gasteiger partial charge in [-0.1, -0.05) is 33.6 Å². The third kappa shape index (κ3) is 4.23. The van der Waals surface area contributed by atoms with E-state index < -0.39 is 0 Å². The maximum atomic E-state index is 3.00. The van der Waals surface area contributed by atoms with Gasteiger partial charge in [-0.2, -0.15) is 0 Å². The van der Waals surface area contributed by atoms with Crippen LogP contribution in [0.4, 0.5) is 0 Å². The Labute approximate surface area is 71.7 Å². The highest BCUT2D eigenvalue weighted by Crippen LogP contribution is 2.37. The van der Waals surface area contributed by atoms with Crippen molar-refractivity contribution in [3.05, 3.63) is 13.2 Å². The molecule has 1 unspecified atom stereocenters. The lowest BCUT2D eigenvalue weighted by atomic mass is 9.73. The molecule has 1 atom stereocenters. The normalized spacial score (nSPS) is 28.5. The van der Waals surface area contributed by atoms with Crippen LogP contribution >= 0.6 is 0 Å². The summed E-state index contributed by atoms with van der Waals surface area (Å²) in [6, 6.07) is 0. The minimum Gasteiger partial charge on any atom is -0.106 e. The summed E-state index contributed by atoms with van der Waals surface area (Å²) in [5.74, 6) is 0.980. The molecule has 1 aliphatic rings. The fourth-order valence-electron chi connectivity index (χ4n) is 2.08. The van der Waals surface area contributed by atoms with Gasteiger partial charge < -0.3 is 0 Å². The molecule has 0 amide bonds. The van der Waals surface area contributed by atoms with Gasteiger partial charge in [0.1, 0.15) is 0 Å². The lowest BCUT2D eigenvalue weighted by Gasteiger charge is -2.33. The Kier molecular flexibility index (Phi) is 4.48. The van der Waals surface area contributed by atoms with Crippen LogP contribution in [-0.4, -0.2) is 0 Å². The van der Waals surface area contributed by atoms with Crippen molar-refractivity contribution in [2.75, 3.05) is 0 Å². The van der Waals surface area contributed by atoms with Gasteiger partial charge >= 0.3 is 0 Å². The average Bonchev–Trinajstić information content (AvgIpc) is 1.89. The molecular weight excluding hydrogens is 132 g/mol. The summed E-state index contributed by atoms with van der Waals surface area (Å²) >= 11 is 0. The third-order valence-electron chi connectivity index (χ3n) is 2.45. The smallest absolute Gasteiger partial charge is 0.0352 e. The van der Waals surface area contributed by atoms with Crippen molar-refractivity contribution < 1.29 is 0 Å². The van der Waals surface area contributed by atoms with Crippen LogP contribution in [0.1, 0.15) is 46.5 Å². The van der Waals surface area contributed by atoms with Gasteiger partial charge in [-0.15, -0.1) is 13.2 Å². The van der Waals surface area contributed by atoms with E-state index in [2.05, 4.69) is 33.9 Å². The monoisotopic (exact) mass is 154 g/mol. The molecule has 0 aromatic carbocycles. The fraction of sp³-hybridized carbons (Fsp3) is 0.818. The molecule has 1 fully saturated rings. The quantitative estimate of drug-likeness (QED) is 0.462. The Morgan fingerprint density at radius 3 is 2.09 bits per heavy atom. The maximum absolute atomic E-state index is 3.00. The highest BCUT2D eigenvalue weighted by Gasteiger charge is 2.24. The average molecular weight is 154 g/mol. The SMILES string of the molecule is C=C.CC1CCCC(C)(C)C1. The van der Waals surface area contributed by atoms with Crippen molar-refractivity contribution in [2.24, 2.45) is 11.3 Å². The molecular formula is C11H22. The minimum atomic E-state index is 0.650. The molecule has 0 heterocycles. The molecule has 1 rings (SSSR count). The first-order valence-electron chi connectivity index (χ1n) is 4.60. The predicted octanol–water partition coefficient (Wildman–Crippen LogP) is 4.02. The second-order valence-electron chi connectivity index (χ2n) is 4.37. The molecule has 0 bridgehead atoms. The van der Waals surface area contributed by atoms with E-state index >= 15 is 0 Å². The molecule has 66 valence electrons. The van der Waals surface area contributed by atoms with Gasteiger partial charge in [0.2, 0.25) is 0 Å². The predicted molar refractivity (Wildman–Crippen MR) is 52.7 cm³/mol. The summed E-state index contributed by atoms with van der Waals surface area (Å²) in [6.07, 6.45) is 5.79. The molecule has 0 N–H and O–H groups in total. The molecule has 0 spiro atoms. The van der Waals surface area contributed by atoms with Crippen LogP contribution in [-0.2, 0) is 0 Å². The summed E-state index contributed by atoms with van der Waals surface area (Å²) in [5, 5.41) is 0. The molecule has 0 aromatic rings. The molecule has 0 nitrogen and oxygen atoms in total. The zero-order chi connectivity index (χ0) is 8.91. The Morgan fingerprint density at radius 1 is 1.27 bits per heavy atom. The maximum Gasteiger partial charge on any atom is -0.0352 e. The van der Waals surface area contributed by atoms with Crippen LogP contribution in [0.3, 0.4) is 0 Å². The van der Waals surface area contributed by atoms with Gasteiger partial charge in [-0.05, 0) is 24.2 Å². The zero-order valence-electron chi connectivity index (χ0n) is 8.32. The van der Waals surface area contributed by atoms with Crippen molar-refractivity contribution in [3.63, 3.8) is 0 Å². The highest BCUT2D eigenvalue weighted by atomic mass is 14.3. The van der Waals surface area contributed by atoms with Crippen molar-refractivity contribution in [2.45, 2.75) is 46.5 Å². The van der Waals surface area contributed by atoms with Crippen molar-refractivity contribution in [1.82, 2.24) is 0 Å². The van der Waals surface area contributed by atoms with E-state index in [1.54, 1.807) is 0 Å². The molecule has 0 radical (unpaired) electrons. The number of hydrogen-bond acceptors (Lipinski definition) is 0. The van der Waals surface area contributed by atoms with Gasteiger partial charge in [-0.3, -0.25) is 0 Å². The van der Waals surface area contributed by atoms with Crippen LogP contribution in [0.5, 0.6) is 0 Å². The standard InChI is InChI=1S/C9H18.C2H4/c1-8-5-4-6-9(2,3)7-8;1-2/h8H,4-7H2,1-3H3;1-2H2. The number of hydrogen-bond donors (Lipinski definition) is 0. The fourth-order valence-corrected chi connectivity index (χ4v) is 2.08. The second kappa shape index (κ2) is 4.58. The largest absolute Gasteiger partial charge is 0.106 e. The molecule has 11 heavy (non-hydrogen) atoms. The van der Waals surface area contributed by atoms with Crippen LogP contribution in [0.15, 0.2) is 13.2 Å². The van der Waals surface area contributed by atoms with Crippen LogP contribution in [0.25, 0.3) is 0 Å². The first kappa shape index (κ1) is 10.7. The van der Waals surface area contributed by atoms with Crippen molar-refractivity contribution in [1.29, 1.82) is 0 Å². The molecule has 0 aromatic heterocycles. The van der Waals surface area contributed by atoms with Gasteiger partial charge in [0, 0.05) is 0 Å². The summed E-state index contributed by atoms with van der Waals surface area (Å²) in [7, 11) is 0. The first-order chi connectivity index (χ1) is 5.10. The third-order valence-corrected chi connectivity index (χ3v) is 2.45. The van der Waals surface area contributed by atoms with E-state index in [1.165, 1.54) is 25.7 Å². The summed E-state index contributed by atoms with van der Waals surface area (Å²) < 4.78 is 0. The van der Waals surface area contributed by atoms with E-state index in [4.69, 9.17) is 0 Å². The van der Waals surface area contributed by atoms with Crippen LogP contribution in [0, 0.1) is 11.3 Å². The van der Waals surface area contributed by atoms with Gasteiger partial charge in [0.05, 0.1) is 0 Å². The highest BCUT2D eigenvalue weighted by molar-refractivity contribution is 4.76. The van der Waals surface area contributed by atoms with Gasteiger partial charge in [-0.25, -0.2) is 0 Å². The number of rotatable bonds is 0. The lowest BCUT2D eigenvalue weighted by Crippen LogP contribution is -2.20. The van der Waals surface area contributed by atoms with E-state index in [0.29, 0.717) is 5.41 Å². The summed E-state index contributed by atoms with van der Waals surface area (Å²) in [4.78, 5) is 0. The Morgan fingerprint density at radius 2 is 1.82 bits per heavy atom. The van der Waals surface area contributed by atoms with E-state index in [1.807, 2.05) is 0 Å². The van der Waals surface area contributed by atoms with Gasteiger partial charge in [0.15, 0.2) is 0 Å². The van der Waals surface area contributed by atoms with Crippen molar-refractivity contribution in [3.8, 4) is 0 Å². The Balaban J connectivity index is 0.000000461. The van der Waals surface area contributed by atoms with Crippen LogP contribution < -0.4 is 0 Å². The molecule has 0 saturated heterocycles. The van der Waals surface area contributed by atoms with E-state index in [0.717, 1.165) is 5.92 Å². The molecule has 0 heteroatoms. The molecule has 1 saturated carbocycles. The lowest BCUT2D eigenvalue weighted by molar-refractivity contribution is 0.191. The summed E-state index contributed by atoms with van der Waals surface area (Å²) in [6.45, 7) is 13.2. The zero-order valence-corrected chi connectivity index (χ0v) is 8.32. The molecule has 0 aliphatic heterocycles. The summed E-state index contributed by atoms with van der Waals surface area (Å²) in [5.41, 5.74) is 0.650. The second-order valence-corrected chi connectivity index (χ2v) is 4.37. The van der Waals surface area contributed by atoms with Crippen LogP contribution in [0.2, 0.25) is 0 Å². The van der Waals surface area contributed by atoms with Crippen molar-refractivity contribution >= 4 is 0 Å². The minimum absolute atomic E-state index is 0.650. The van der Waals surface area contributed by atoms with Gasteiger partial charge in [0.25, 0.3) is 0 Å². The Bertz CT molecular complexity index is 103. The van der Waals surface area contributed by atoms with E-state index in [9.17, 15) is 0 Å². The topological polar surface area (TPSA) is 0 Å². The molecule has 1 aliphatic carbocycles.